The van der Waals surface area contributed by atoms with Crippen LogP contribution in [-0.4, -0.2) is 22.7 Å². The van der Waals surface area contributed by atoms with E-state index in [1.165, 1.54) is 0 Å². The fourth-order valence-electron chi connectivity index (χ4n) is 3.14. The maximum Gasteiger partial charge on any atom is 0.324 e. The Labute approximate surface area is 91.2 Å². The van der Waals surface area contributed by atoms with E-state index in [-0.39, 0.29) is 11.3 Å². The topological polar surface area (TPSA) is 49.3 Å². The molecule has 0 amide bonds. The van der Waals surface area contributed by atoms with Crippen molar-refractivity contribution >= 4 is 5.97 Å². The minimum Gasteiger partial charge on any atom is -0.480 e. The van der Waals surface area contributed by atoms with Gasteiger partial charge in [0.1, 0.15) is 5.54 Å². The third kappa shape index (κ3) is 1.89. The van der Waals surface area contributed by atoms with Gasteiger partial charge in [0.25, 0.3) is 0 Å². The lowest BCUT2D eigenvalue weighted by atomic mass is 9.86. The molecular weight excluding hydrogens is 190 g/mol. The monoisotopic (exact) mass is 211 g/mol. The first-order valence-electron chi connectivity index (χ1n) is 5.87. The second kappa shape index (κ2) is 3.21. The molecule has 0 heterocycles. The van der Waals surface area contributed by atoms with E-state index in [0.717, 1.165) is 25.7 Å². The highest BCUT2D eigenvalue weighted by atomic mass is 16.4. The van der Waals surface area contributed by atoms with Gasteiger partial charge in [-0.05, 0) is 37.0 Å². The molecule has 2 aliphatic rings. The fourth-order valence-corrected chi connectivity index (χ4v) is 3.14. The van der Waals surface area contributed by atoms with Gasteiger partial charge in [0.15, 0.2) is 0 Å². The van der Waals surface area contributed by atoms with Crippen molar-refractivity contribution in [2.75, 3.05) is 0 Å². The average molecular weight is 211 g/mol. The average Bonchev–Trinajstić information content (AvgIpc) is 2.80. The van der Waals surface area contributed by atoms with Crippen LogP contribution in [0.2, 0.25) is 0 Å². The Morgan fingerprint density at radius 1 is 1.40 bits per heavy atom. The molecule has 2 atom stereocenters. The Morgan fingerprint density at radius 3 is 2.33 bits per heavy atom. The van der Waals surface area contributed by atoms with E-state index in [9.17, 15) is 9.90 Å². The van der Waals surface area contributed by atoms with Gasteiger partial charge in [0.2, 0.25) is 0 Å². The first-order valence-corrected chi connectivity index (χ1v) is 5.87. The van der Waals surface area contributed by atoms with Crippen molar-refractivity contribution in [1.82, 2.24) is 5.32 Å². The maximum absolute atomic E-state index is 11.5. The number of carbonyl (C=O) groups is 1. The molecule has 0 aliphatic heterocycles. The Bertz CT molecular complexity index is 283. The highest BCUT2D eigenvalue weighted by Gasteiger charge is 2.55. The predicted octanol–water partition coefficient (Wildman–Crippen LogP) is 2.02. The van der Waals surface area contributed by atoms with Crippen LogP contribution in [0.25, 0.3) is 0 Å². The van der Waals surface area contributed by atoms with Crippen LogP contribution in [0.1, 0.15) is 46.5 Å². The molecule has 86 valence electrons. The highest BCUT2D eigenvalue weighted by molar-refractivity contribution is 5.80. The lowest BCUT2D eigenvalue weighted by Crippen LogP contribution is -2.55. The van der Waals surface area contributed by atoms with Crippen LogP contribution in [0.4, 0.5) is 0 Å². The summed E-state index contributed by atoms with van der Waals surface area (Å²) in [6.07, 6.45) is 4.04. The van der Waals surface area contributed by atoms with Crippen LogP contribution in [-0.2, 0) is 4.79 Å². The predicted molar refractivity (Wildman–Crippen MR) is 58.7 cm³/mol. The van der Waals surface area contributed by atoms with Crippen molar-refractivity contribution < 1.29 is 9.90 Å². The summed E-state index contributed by atoms with van der Waals surface area (Å²) in [5, 5.41) is 12.9. The van der Waals surface area contributed by atoms with Crippen molar-refractivity contribution in [2.45, 2.75) is 58.0 Å². The first-order chi connectivity index (χ1) is 6.86. The Morgan fingerprint density at radius 2 is 2.00 bits per heavy atom. The number of nitrogens with one attached hydrogen (secondary N) is 1. The largest absolute Gasteiger partial charge is 0.480 e. The third-order valence-electron chi connectivity index (χ3n) is 3.88. The zero-order valence-electron chi connectivity index (χ0n) is 9.84. The van der Waals surface area contributed by atoms with Gasteiger partial charge in [-0.15, -0.1) is 0 Å². The molecule has 2 rings (SSSR count). The molecule has 0 radical (unpaired) electrons. The van der Waals surface area contributed by atoms with Gasteiger partial charge in [-0.3, -0.25) is 10.1 Å². The smallest absolute Gasteiger partial charge is 0.324 e. The van der Waals surface area contributed by atoms with Gasteiger partial charge in [-0.25, -0.2) is 0 Å². The molecule has 0 aromatic carbocycles. The Kier molecular flexibility index (Phi) is 2.34. The van der Waals surface area contributed by atoms with Crippen LogP contribution in [0, 0.1) is 11.3 Å². The van der Waals surface area contributed by atoms with Crippen molar-refractivity contribution in [2.24, 2.45) is 11.3 Å². The normalized spacial score (nSPS) is 39.3. The van der Waals surface area contributed by atoms with Gasteiger partial charge in [0.05, 0.1) is 0 Å². The summed E-state index contributed by atoms with van der Waals surface area (Å²) in [6.45, 7) is 6.41. The molecular formula is C12H21NO2. The van der Waals surface area contributed by atoms with Crippen LogP contribution >= 0.6 is 0 Å². The third-order valence-corrected chi connectivity index (χ3v) is 3.88. The van der Waals surface area contributed by atoms with E-state index in [1.807, 2.05) is 0 Å². The van der Waals surface area contributed by atoms with Crippen molar-refractivity contribution in [1.29, 1.82) is 0 Å². The second-order valence-electron chi connectivity index (χ2n) is 6.14. The molecule has 15 heavy (non-hydrogen) atoms. The molecule has 3 heteroatoms. The molecule has 0 spiro atoms. The van der Waals surface area contributed by atoms with Crippen LogP contribution < -0.4 is 5.32 Å². The van der Waals surface area contributed by atoms with E-state index in [4.69, 9.17) is 0 Å². The summed E-state index contributed by atoms with van der Waals surface area (Å²) >= 11 is 0. The minimum atomic E-state index is -0.662. The summed E-state index contributed by atoms with van der Waals surface area (Å²) in [5.41, 5.74) is -0.510. The van der Waals surface area contributed by atoms with E-state index in [0.29, 0.717) is 6.04 Å². The molecule has 3 nitrogen and oxygen atoms in total. The Hall–Kier alpha value is -0.570. The summed E-state index contributed by atoms with van der Waals surface area (Å²) in [4.78, 5) is 11.5. The number of aliphatic carboxylic acids is 1. The second-order valence-corrected chi connectivity index (χ2v) is 6.14. The summed E-state index contributed by atoms with van der Waals surface area (Å²) in [6, 6.07) is 0.456. The lowest BCUT2D eigenvalue weighted by Gasteiger charge is -2.31. The fraction of sp³-hybridized carbons (Fsp3) is 0.917. The van der Waals surface area contributed by atoms with Crippen molar-refractivity contribution in [3.63, 3.8) is 0 Å². The van der Waals surface area contributed by atoms with Crippen LogP contribution in [0.15, 0.2) is 0 Å². The minimum absolute atomic E-state index is 0.152. The summed E-state index contributed by atoms with van der Waals surface area (Å²) < 4.78 is 0. The summed E-state index contributed by atoms with van der Waals surface area (Å²) in [7, 11) is 0. The van der Waals surface area contributed by atoms with Crippen LogP contribution in [0.5, 0.6) is 0 Å². The molecule has 2 saturated carbocycles. The van der Waals surface area contributed by atoms with Crippen molar-refractivity contribution in [3.8, 4) is 0 Å². The van der Waals surface area contributed by atoms with Gasteiger partial charge >= 0.3 is 5.97 Å². The van der Waals surface area contributed by atoms with E-state index in [2.05, 4.69) is 26.1 Å². The van der Waals surface area contributed by atoms with Crippen LogP contribution in [0.3, 0.4) is 0 Å². The molecule has 0 aromatic rings. The molecule has 0 bridgehead atoms. The standard InChI is InChI=1S/C12H21NO2/c1-8-6-11(2,3)7-12(8,10(14)15)13-9-4-5-9/h8-9,13H,4-7H2,1-3H3,(H,14,15). The van der Waals surface area contributed by atoms with Gasteiger partial charge in [0, 0.05) is 6.04 Å². The number of rotatable bonds is 3. The van der Waals surface area contributed by atoms with E-state index >= 15 is 0 Å². The Balaban J connectivity index is 2.21. The van der Waals surface area contributed by atoms with E-state index < -0.39 is 11.5 Å². The summed E-state index contributed by atoms with van der Waals surface area (Å²) in [5.74, 6) is -0.432. The molecule has 0 aromatic heterocycles. The highest BCUT2D eigenvalue weighted by Crippen LogP contribution is 2.48. The maximum atomic E-state index is 11.5. The van der Waals surface area contributed by atoms with Gasteiger partial charge in [-0.2, -0.15) is 0 Å². The zero-order valence-corrected chi connectivity index (χ0v) is 9.84. The van der Waals surface area contributed by atoms with Gasteiger partial charge in [-0.1, -0.05) is 20.8 Å². The molecule has 0 saturated heterocycles. The molecule has 2 N–H and O–H groups in total. The molecule has 2 fully saturated rings. The van der Waals surface area contributed by atoms with E-state index in [1.54, 1.807) is 0 Å². The SMILES string of the molecule is CC1CC(C)(C)CC1(NC1CC1)C(=O)O. The van der Waals surface area contributed by atoms with Gasteiger partial charge < -0.3 is 5.11 Å². The first kappa shape index (κ1) is 10.9. The molecule has 2 unspecified atom stereocenters. The quantitative estimate of drug-likeness (QED) is 0.751. The zero-order chi connectivity index (χ0) is 11.3. The molecule has 2 aliphatic carbocycles. The van der Waals surface area contributed by atoms with Crippen molar-refractivity contribution in [3.05, 3.63) is 0 Å². The number of hydrogen-bond donors (Lipinski definition) is 2. The number of hydrogen-bond acceptors (Lipinski definition) is 2. The lowest BCUT2D eigenvalue weighted by molar-refractivity contribution is -0.146. The number of carboxylic acid groups (broad SMARTS) is 1. The number of carboxylic acids is 1.